The summed E-state index contributed by atoms with van der Waals surface area (Å²) in [5.74, 6) is 0.351. The molecule has 0 spiro atoms. The monoisotopic (exact) mass is 307 g/mol. The molecule has 0 fully saturated rings. The van der Waals surface area contributed by atoms with Crippen molar-refractivity contribution in [1.29, 1.82) is 0 Å². The molecule has 0 bridgehead atoms. The molecule has 110 valence electrons. The number of hydrogen-bond donors (Lipinski definition) is 2. The van der Waals surface area contributed by atoms with Crippen LogP contribution in [-0.2, 0) is 0 Å². The largest absolute Gasteiger partial charge is 0.396 e. The van der Waals surface area contributed by atoms with Gasteiger partial charge in [-0.15, -0.1) is 0 Å². The van der Waals surface area contributed by atoms with Crippen LogP contribution in [-0.4, -0.2) is 21.6 Å². The van der Waals surface area contributed by atoms with E-state index in [0.717, 1.165) is 11.8 Å². The van der Waals surface area contributed by atoms with Gasteiger partial charge in [0.1, 0.15) is 12.0 Å². The Hall–Kier alpha value is -2.18. The lowest BCUT2D eigenvalue weighted by molar-refractivity contribution is -0.385. The number of aromatic nitrogens is 1. The summed E-state index contributed by atoms with van der Waals surface area (Å²) in [5, 5.41) is 23.1. The average molecular weight is 308 g/mol. The Balaban J connectivity index is 2.23. The van der Waals surface area contributed by atoms with Crippen LogP contribution in [0.3, 0.4) is 0 Å². The van der Waals surface area contributed by atoms with Gasteiger partial charge in [0.05, 0.1) is 16.0 Å². The fourth-order valence-electron chi connectivity index (χ4n) is 1.94. The second-order valence-electron chi connectivity index (χ2n) is 4.40. The Morgan fingerprint density at radius 3 is 2.67 bits per heavy atom. The lowest BCUT2D eigenvalue weighted by atomic mass is 10.0. The first-order valence-electron chi connectivity index (χ1n) is 6.34. The number of nitrogens with one attached hydrogen (secondary N) is 1. The molecule has 0 radical (unpaired) electrons. The Morgan fingerprint density at radius 1 is 1.38 bits per heavy atom. The smallest absolute Gasteiger partial charge is 0.289 e. The first-order valence-corrected chi connectivity index (χ1v) is 6.72. The van der Waals surface area contributed by atoms with E-state index >= 15 is 0 Å². The summed E-state index contributed by atoms with van der Waals surface area (Å²) in [7, 11) is 0. The van der Waals surface area contributed by atoms with Gasteiger partial charge < -0.3 is 10.4 Å². The first-order chi connectivity index (χ1) is 10.1. The van der Waals surface area contributed by atoms with E-state index in [-0.39, 0.29) is 23.4 Å². The van der Waals surface area contributed by atoms with Crippen molar-refractivity contribution in [1.82, 2.24) is 4.98 Å². The minimum absolute atomic E-state index is 0.00282. The van der Waals surface area contributed by atoms with Crippen molar-refractivity contribution in [2.45, 2.75) is 12.5 Å². The molecule has 2 N–H and O–H groups in total. The third-order valence-corrected chi connectivity index (χ3v) is 3.26. The van der Waals surface area contributed by atoms with Crippen molar-refractivity contribution in [2.75, 3.05) is 11.9 Å². The van der Waals surface area contributed by atoms with E-state index in [9.17, 15) is 15.2 Å². The topological polar surface area (TPSA) is 88.3 Å². The predicted octanol–water partition coefficient (Wildman–Crippen LogP) is 3.18. The lowest BCUT2D eigenvalue weighted by Crippen LogP contribution is -2.13. The van der Waals surface area contributed by atoms with Crippen LogP contribution in [0.15, 0.2) is 42.6 Å². The highest BCUT2D eigenvalue weighted by molar-refractivity contribution is 6.33. The summed E-state index contributed by atoms with van der Waals surface area (Å²) >= 11 is 6.01. The summed E-state index contributed by atoms with van der Waals surface area (Å²) in [5.41, 5.74) is 0.812. The molecule has 2 aromatic rings. The molecule has 0 aliphatic carbocycles. The molecule has 1 aromatic heterocycles. The first kappa shape index (κ1) is 15.2. The van der Waals surface area contributed by atoms with Crippen LogP contribution in [0, 0.1) is 10.1 Å². The van der Waals surface area contributed by atoms with Crippen LogP contribution in [0.25, 0.3) is 0 Å². The van der Waals surface area contributed by atoms with Crippen molar-refractivity contribution >= 4 is 23.1 Å². The van der Waals surface area contributed by atoms with Crippen molar-refractivity contribution in [2.24, 2.45) is 0 Å². The molecule has 1 atom stereocenters. The van der Waals surface area contributed by atoms with Crippen LogP contribution in [0.2, 0.25) is 5.02 Å². The molecule has 0 amide bonds. The molecule has 2 rings (SSSR count). The van der Waals surface area contributed by atoms with Crippen molar-refractivity contribution in [3.63, 3.8) is 0 Å². The second-order valence-corrected chi connectivity index (χ2v) is 4.81. The SMILES string of the molecule is O=[N+]([O-])c1cnc(N[C@@H](CCO)c2ccccc2)c(Cl)c1. The summed E-state index contributed by atoms with van der Waals surface area (Å²) in [6.07, 6.45) is 1.62. The van der Waals surface area contributed by atoms with Crippen LogP contribution in [0.1, 0.15) is 18.0 Å². The third-order valence-electron chi connectivity index (χ3n) is 2.97. The van der Waals surface area contributed by atoms with Crippen molar-refractivity contribution < 1.29 is 10.0 Å². The summed E-state index contributed by atoms with van der Waals surface area (Å²) < 4.78 is 0. The quantitative estimate of drug-likeness (QED) is 0.632. The third kappa shape index (κ3) is 3.90. The molecular weight excluding hydrogens is 294 g/mol. The molecule has 6 nitrogen and oxygen atoms in total. The fourth-order valence-corrected chi connectivity index (χ4v) is 2.15. The molecular formula is C14H14ClN3O3. The normalized spacial score (nSPS) is 11.9. The summed E-state index contributed by atoms with van der Waals surface area (Å²) in [4.78, 5) is 14.1. The van der Waals surface area contributed by atoms with E-state index in [1.54, 1.807) is 0 Å². The molecule has 0 saturated heterocycles. The maximum Gasteiger partial charge on any atom is 0.289 e. The zero-order valence-electron chi connectivity index (χ0n) is 11.1. The number of aliphatic hydroxyl groups is 1. The maximum atomic E-state index is 10.7. The minimum Gasteiger partial charge on any atom is -0.396 e. The zero-order valence-corrected chi connectivity index (χ0v) is 11.8. The van der Waals surface area contributed by atoms with E-state index in [4.69, 9.17) is 11.6 Å². The van der Waals surface area contributed by atoms with Gasteiger partial charge in [-0.1, -0.05) is 41.9 Å². The molecule has 1 heterocycles. The highest BCUT2D eigenvalue weighted by Gasteiger charge is 2.15. The standard InChI is InChI=1S/C14H14ClN3O3/c15-12-8-11(18(20)21)9-16-14(12)17-13(6-7-19)10-4-2-1-3-5-10/h1-5,8-9,13,19H,6-7H2,(H,16,17)/t13-/m0/s1. The van der Waals surface area contributed by atoms with Gasteiger partial charge in [-0.2, -0.15) is 0 Å². The van der Waals surface area contributed by atoms with E-state index in [1.165, 1.54) is 6.07 Å². The predicted molar refractivity (Wildman–Crippen MR) is 80.4 cm³/mol. The van der Waals surface area contributed by atoms with E-state index in [0.29, 0.717) is 12.2 Å². The fraction of sp³-hybridized carbons (Fsp3) is 0.214. The minimum atomic E-state index is -0.551. The van der Waals surface area contributed by atoms with Crippen molar-refractivity contribution in [3.05, 3.63) is 63.3 Å². The molecule has 0 aliphatic rings. The maximum absolute atomic E-state index is 10.7. The Morgan fingerprint density at radius 2 is 2.10 bits per heavy atom. The highest BCUT2D eigenvalue weighted by atomic mass is 35.5. The lowest BCUT2D eigenvalue weighted by Gasteiger charge is -2.19. The Labute approximate surface area is 126 Å². The second kappa shape index (κ2) is 7.01. The van der Waals surface area contributed by atoms with Gasteiger partial charge in [-0.05, 0) is 12.0 Å². The van der Waals surface area contributed by atoms with Crippen LogP contribution >= 0.6 is 11.6 Å². The highest BCUT2D eigenvalue weighted by Crippen LogP contribution is 2.28. The molecule has 1 aromatic carbocycles. The van der Waals surface area contributed by atoms with Gasteiger partial charge in [0, 0.05) is 12.7 Å². The van der Waals surface area contributed by atoms with Gasteiger partial charge >= 0.3 is 0 Å². The van der Waals surface area contributed by atoms with Gasteiger partial charge in [-0.25, -0.2) is 4.98 Å². The molecule has 0 aliphatic heterocycles. The number of nitrogens with zero attached hydrogens (tertiary/aromatic N) is 2. The average Bonchev–Trinajstić information content (AvgIpc) is 2.49. The number of benzene rings is 1. The molecule has 0 unspecified atom stereocenters. The van der Waals surface area contributed by atoms with Gasteiger partial charge in [0.25, 0.3) is 5.69 Å². The number of anilines is 1. The van der Waals surface area contributed by atoms with E-state index in [1.807, 2.05) is 30.3 Å². The number of nitro groups is 1. The Bertz CT molecular complexity index is 622. The van der Waals surface area contributed by atoms with Crippen LogP contribution < -0.4 is 5.32 Å². The van der Waals surface area contributed by atoms with Crippen LogP contribution in [0.5, 0.6) is 0 Å². The number of hydrogen-bond acceptors (Lipinski definition) is 5. The summed E-state index contributed by atoms with van der Waals surface area (Å²) in [6, 6.07) is 10.6. The Kier molecular flexibility index (Phi) is 5.08. The summed E-state index contributed by atoms with van der Waals surface area (Å²) in [6.45, 7) is -0.00282. The number of aliphatic hydroxyl groups excluding tert-OH is 1. The molecule has 0 saturated carbocycles. The number of rotatable bonds is 6. The molecule has 7 heteroatoms. The van der Waals surface area contributed by atoms with Crippen LogP contribution in [0.4, 0.5) is 11.5 Å². The van der Waals surface area contributed by atoms with Crippen molar-refractivity contribution in [3.8, 4) is 0 Å². The number of halogens is 1. The van der Waals surface area contributed by atoms with E-state index in [2.05, 4.69) is 10.3 Å². The zero-order chi connectivity index (χ0) is 15.2. The van der Waals surface area contributed by atoms with E-state index < -0.39 is 4.92 Å². The molecule has 21 heavy (non-hydrogen) atoms. The van der Waals surface area contributed by atoms with Gasteiger partial charge in [-0.3, -0.25) is 10.1 Å². The number of pyridine rings is 1. The van der Waals surface area contributed by atoms with Gasteiger partial charge in [0.2, 0.25) is 0 Å². The van der Waals surface area contributed by atoms with Gasteiger partial charge in [0.15, 0.2) is 0 Å².